The average Bonchev–Trinajstić information content (AvgIpc) is 2.40. The predicted octanol–water partition coefficient (Wildman–Crippen LogP) is 3.67. The zero-order chi connectivity index (χ0) is 13.0. The molecule has 1 heterocycles. The van der Waals surface area contributed by atoms with Crippen molar-refractivity contribution >= 4 is 27.5 Å². The molecule has 1 aromatic carbocycles. The van der Waals surface area contributed by atoms with Gasteiger partial charge in [-0.15, -0.1) is 0 Å². The molecule has 0 amide bonds. The minimum absolute atomic E-state index is 0.683. The Bertz CT molecular complexity index is 528. The fraction of sp³-hybridized carbons (Fsp3) is 0.231. The van der Waals surface area contributed by atoms with E-state index in [0.717, 1.165) is 28.7 Å². The monoisotopic (exact) mass is 325 g/mol. The summed E-state index contributed by atoms with van der Waals surface area (Å²) in [6.07, 6.45) is 3.68. The second kappa shape index (κ2) is 6.27. The van der Waals surface area contributed by atoms with Gasteiger partial charge in [-0.05, 0) is 40.7 Å². The number of nitrogens with zero attached hydrogens (tertiary/aromatic N) is 2. The fourth-order valence-electron chi connectivity index (χ4n) is 1.50. The summed E-state index contributed by atoms with van der Waals surface area (Å²) in [6.45, 7) is 3.80. The minimum atomic E-state index is 0.683. The van der Waals surface area contributed by atoms with Gasteiger partial charge in [-0.1, -0.05) is 18.5 Å². The van der Waals surface area contributed by atoms with E-state index in [9.17, 15) is 0 Å². The first-order valence-corrected chi connectivity index (χ1v) is 6.85. The summed E-state index contributed by atoms with van der Waals surface area (Å²) in [7, 11) is 0. The molecule has 0 saturated carbocycles. The van der Waals surface area contributed by atoms with Crippen molar-refractivity contribution < 1.29 is 0 Å². The molecule has 0 aliphatic carbocycles. The molecule has 0 aliphatic heterocycles. The van der Waals surface area contributed by atoms with Gasteiger partial charge in [-0.25, -0.2) is 9.97 Å². The Labute approximate surface area is 120 Å². The Morgan fingerprint density at radius 1 is 1.28 bits per heavy atom. The summed E-state index contributed by atoms with van der Waals surface area (Å²) < 4.78 is 0.849. The lowest BCUT2D eigenvalue weighted by molar-refractivity contribution is 0.721. The Morgan fingerprint density at radius 3 is 2.61 bits per heavy atom. The third kappa shape index (κ3) is 3.28. The molecule has 2 rings (SSSR count). The highest BCUT2D eigenvalue weighted by Crippen LogP contribution is 2.26. The van der Waals surface area contributed by atoms with Crippen molar-refractivity contribution in [1.29, 1.82) is 0 Å². The van der Waals surface area contributed by atoms with Crippen molar-refractivity contribution in [2.75, 3.05) is 6.54 Å². The highest BCUT2D eigenvalue weighted by Gasteiger charge is 2.04. The van der Waals surface area contributed by atoms with Crippen LogP contribution < -0.4 is 5.32 Å². The van der Waals surface area contributed by atoms with E-state index in [1.165, 1.54) is 0 Å². The van der Waals surface area contributed by atoms with Crippen LogP contribution in [0.5, 0.6) is 0 Å². The van der Waals surface area contributed by atoms with Gasteiger partial charge in [0, 0.05) is 34.5 Å². The van der Waals surface area contributed by atoms with E-state index in [1.54, 1.807) is 0 Å². The molecule has 0 fully saturated rings. The first-order chi connectivity index (χ1) is 8.70. The van der Waals surface area contributed by atoms with Crippen LogP contribution in [0.15, 0.2) is 35.1 Å². The van der Waals surface area contributed by atoms with Gasteiger partial charge in [0.2, 0.25) is 0 Å². The van der Waals surface area contributed by atoms with E-state index in [4.69, 9.17) is 11.6 Å². The molecule has 94 valence electrons. The van der Waals surface area contributed by atoms with E-state index >= 15 is 0 Å². The van der Waals surface area contributed by atoms with E-state index < -0.39 is 0 Å². The lowest BCUT2D eigenvalue weighted by Crippen LogP contribution is -2.12. The van der Waals surface area contributed by atoms with Crippen molar-refractivity contribution in [1.82, 2.24) is 15.3 Å². The Hall–Kier alpha value is -0.970. The van der Waals surface area contributed by atoms with Gasteiger partial charge >= 0.3 is 0 Å². The topological polar surface area (TPSA) is 37.8 Å². The molecule has 0 bridgehead atoms. The van der Waals surface area contributed by atoms with Crippen LogP contribution in [-0.2, 0) is 6.54 Å². The van der Waals surface area contributed by atoms with Crippen LogP contribution in [0.1, 0.15) is 12.5 Å². The molecule has 1 N–H and O–H groups in total. The number of halogens is 2. The smallest absolute Gasteiger partial charge is 0.159 e. The SMILES string of the molecule is CCNCc1cnc(-c2ccc(Cl)c(Br)c2)nc1. The average molecular weight is 327 g/mol. The van der Waals surface area contributed by atoms with Crippen LogP contribution >= 0.6 is 27.5 Å². The maximum Gasteiger partial charge on any atom is 0.159 e. The van der Waals surface area contributed by atoms with E-state index in [0.29, 0.717) is 10.8 Å². The van der Waals surface area contributed by atoms with Crippen LogP contribution in [0, 0.1) is 0 Å². The van der Waals surface area contributed by atoms with E-state index in [2.05, 4.69) is 38.1 Å². The van der Waals surface area contributed by atoms with Crippen molar-refractivity contribution in [2.45, 2.75) is 13.5 Å². The highest BCUT2D eigenvalue weighted by molar-refractivity contribution is 9.10. The minimum Gasteiger partial charge on any atom is -0.313 e. The van der Waals surface area contributed by atoms with Gasteiger partial charge in [0.25, 0.3) is 0 Å². The molecule has 2 aromatic rings. The van der Waals surface area contributed by atoms with E-state index in [-0.39, 0.29) is 0 Å². The lowest BCUT2D eigenvalue weighted by atomic mass is 10.2. The van der Waals surface area contributed by atoms with Crippen LogP contribution in [0.25, 0.3) is 11.4 Å². The second-order valence-electron chi connectivity index (χ2n) is 3.82. The molecule has 0 saturated heterocycles. The number of hydrogen-bond donors (Lipinski definition) is 1. The third-order valence-electron chi connectivity index (χ3n) is 2.46. The number of aromatic nitrogens is 2. The molecular weight excluding hydrogens is 314 g/mol. The molecule has 1 aromatic heterocycles. The van der Waals surface area contributed by atoms with Crippen molar-refractivity contribution in [3.8, 4) is 11.4 Å². The number of benzene rings is 1. The Kier molecular flexibility index (Phi) is 4.69. The Morgan fingerprint density at radius 2 is 2.00 bits per heavy atom. The summed E-state index contributed by atoms with van der Waals surface area (Å²) in [6, 6.07) is 5.66. The third-order valence-corrected chi connectivity index (χ3v) is 3.68. The zero-order valence-corrected chi connectivity index (χ0v) is 12.3. The van der Waals surface area contributed by atoms with Gasteiger partial charge in [-0.2, -0.15) is 0 Å². The van der Waals surface area contributed by atoms with Gasteiger partial charge in [0.05, 0.1) is 5.02 Å². The largest absolute Gasteiger partial charge is 0.313 e. The highest BCUT2D eigenvalue weighted by atomic mass is 79.9. The zero-order valence-electron chi connectivity index (χ0n) is 9.95. The fourth-order valence-corrected chi connectivity index (χ4v) is 2.00. The van der Waals surface area contributed by atoms with Crippen LogP contribution in [0.4, 0.5) is 0 Å². The summed E-state index contributed by atoms with van der Waals surface area (Å²) in [5.41, 5.74) is 2.02. The predicted molar refractivity (Wildman–Crippen MR) is 77.6 cm³/mol. The van der Waals surface area contributed by atoms with Crippen molar-refractivity contribution in [3.05, 3.63) is 45.7 Å². The number of hydrogen-bond acceptors (Lipinski definition) is 3. The Balaban J connectivity index is 2.20. The standard InChI is InChI=1S/C13H13BrClN3/c1-2-16-6-9-7-17-13(18-8-9)10-3-4-12(15)11(14)5-10/h3-5,7-8,16H,2,6H2,1H3. The van der Waals surface area contributed by atoms with Gasteiger partial charge in [0.15, 0.2) is 5.82 Å². The molecule has 0 radical (unpaired) electrons. The van der Waals surface area contributed by atoms with Crippen molar-refractivity contribution in [3.63, 3.8) is 0 Å². The molecular formula is C13H13BrClN3. The number of nitrogens with one attached hydrogen (secondary N) is 1. The van der Waals surface area contributed by atoms with Crippen molar-refractivity contribution in [2.24, 2.45) is 0 Å². The molecule has 5 heteroatoms. The summed E-state index contributed by atoms with van der Waals surface area (Å²) >= 11 is 9.35. The van der Waals surface area contributed by atoms with Gasteiger partial charge in [-0.3, -0.25) is 0 Å². The van der Waals surface area contributed by atoms with E-state index in [1.807, 2.05) is 30.6 Å². The van der Waals surface area contributed by atoms with Crippen LogP contribution in [0.3, 0.4) is 0 Å². The van der Waals surface area contributed by atoms with Crippen LogP contribution in [-0.4, -0.2) is 16.5 Å². The summed E-state index contributed by atoms with van der Waals surface area (Å²) in [5, 5.41) is 3.92. The molecule has 0 unspecified atom stereocenters. The second-order valence-corrected chi connectivity index (χ2v) is 5.09. The van der Waals surface area contributed by atoms with Gasteiger partial charge < -0.3 is 5.32 Å². The molecule has 18 heavy (non-hydrogen) atoms. The number of rotatable bonds is 4. The first kappa shape index (κ1) is 13.5. The normalized spacial score (nSPS) is 10.6. The van der Waals surface area contributed by atoms with Gasteiger partial charge in [0.1, 0.15) is 0 Å². The molecule has 3 nitrogen and oxygen atoms in total. The molecule has 0 atom stereocenters. The molecule has 0 aliphatic rings. The lowest BCUT2D eigenvalue weighted by Gasteiger charge is -2.04. The summed E-state index contributed by atoms with van der Waals surface area (Å²) in [5.74, 6) is 0.701. The maximum absolute atomic E-state index is 5.95. The first-order valence-electron chi connectivity index (χ1n) is 5.67. The summed E-state index contributed by atoms with van der Waals surface area (Å²) in [4.78, 5) is 8.72. The molecule has 0 spiro atoms. The quantitative estimate of drug-likeness (QED) is 0.931. The maximum atomic E-state index is 5.95. The van der Waals surface area contributed by atoms with Crippen LogP contribution in [0.2, 0.25) is 5.02 Å².